The number of nitrogens with zero attached hydrogens (tertiary/aromatic N) is 1. The second kappa shape index (κ2) is 7.36. The number of ether oxygens (including phenoxy) is 1. The molecule has 20 heavy (non-hydrogen) atoms. The molecule has 0 saturated heterocycles. The van der Waals surface area contributed by atoms with E-state index in [0.717, 1.165) is 6.42 Å². The van der Waals surface area contributed by atoms with Gasteiger partial charge in [0.05, 0.1) is 10.7 Å². The molecule has 1 unspecified atom stereocenters. The maximum absolute atomic E-state index is 10.5. The van der Waals surface area contributed by atoms with Crippen molar-refractivity contribution in [2.45, 2.75) is 20.3 Å². The molecule has 0 aliphatic carbocycles. The minimum absolute atomic E-state index is 0.124. The number of carboxylic acids is 1. The van der Waals surface area contributed by atoms with Gasteiger partial charge in [0.25, 0.3) is 0 Å². The Morgan fingerprint density at radius 2 is 2.10 bits per heavy atom. The van der Waals surface area contributed by atoms with Gasteiger partial charge in [-0.25, -0.2) is 4.79 Å². The molecule has 0 saturated carbocycles. The molecule has 0 fully saturated rings. The van der Waals surface area contributed by atoms with Gasteiger partial charge in [-0.05, 0) is 18.6 Å². The molecular formula is C13H16Cl2N2O3. The third-order valence-corrected chi connectivity index (χ3v) is 3.76. The first-order valence-electron chi connectivity index (χ1n) is 6.03. The maximum Gasteiger partial charge on any atom is 0.341 e. The molecule has 1 rings (SSSR count). The number of aliphatic carboxylic acids is 1. The van der Waals surface area contributed by atoms with E-state index in [1.165, 1.54) is 0 Å². The van der Waals surface area contributed by atoms with E-state index in [1.807, 2.05) is 13.8 Å². The van der Waals surface area contributed by atoms with E-state index in [-0.39, 0.29) is 21.7 Å². The third-order valence-electron chi connectivity index (χ3n) is 2.89. The summed E-state index contributed by atoms with van der Waals surface area (Å²) in [5, 5.41) is 12.8. The summed E-state index contributed by atoms with van der Waals surface area (Å²) in [4.78, 5) is 10.5. The van der Waals surface area contributed by atoms with Gasteiger partial charge in [-0.2, -0.15) is 5.10 Å². The van der Waals surface area contributed by atoms with Crippen LogP contribution >= 0.6 is 23.2 Å². The average Bonchev–Trinajstić information content (AvgIpc) is 2.42. The van der Waals surface area contributed by atoms with Gasteiger partial charge in [-0.1, -0.05) is 37.0 Å². The highest BCUT2D eigenvalue weighted by Crippen LogP contribution is 2.36. The van der Waals surface area contributed by atoms with Crippen LogP contribution < -0.4 is 10.6 Å². The number of hydrogen-bond donors (Lipinski definition) is 2. The summed E-state index contributed by atoms with van der Waals surface area (Å²) in [6, 6.07) is 3.23. The molecular weight excluding hydrogens is 303 g/mol. The first-order valence-corrected chi connectivity index (χ1v) is 6.78. The van der Waals surface area contributed by atoms with Crippen molar-refractivity contribution in [2.24, 2.45) is 16.9 Å². The van der Waals surface area contributed by atoms with Crippen LogP contribution in [0.25, 0.3) is 0 Å². The number of hydrazone groups is 1. The van der Waals surface area contributed by atoms with Crippen molar-refractivity contribution < 1.29 is 14.6 Å². The van der Waals surface area contributed by atoms with Gasteiger partial charge in [-0.3, -0.25) is 0 Å². The third kappa shape index (κ3) is 3.77. The molecule has 5 nitrogen and oxygen atoms in total. The van der Waals surface area contributed by atoms with Crippen LogP contribution in [-0.2, 0) is 4.79 Å². The molecule has 0 spiro atoms. The van der Waals surface area contributed by atoms with Crippen LogP contribution in [0.4, 0.5) is 0 Å². The van der Waals surface area contributed by atoms with Crippen molar-refractivity contribution in [1.82, 2.24) is 0 Å². The van der Waals surface area contributed by atoms with E-state index < -0.39 is 12.6 Å². The largest absolute Gasteiger partial charge is 0.480 e. The molecule has 110 valence electrons. The molecule has 7 heteroatoms. The van der Waals surface area contributed by atoms with E-state index in [0.29, 0.717) is 11.3 Å². The smallest absolute Gasteiger partial charge is 0.341 e. The van der Waals surface area contributed by atoms with Crippen LogP contribution in [0.5, 0.6) is 5.75 Å². The Labute approximate surface area is 127 Å². The summed E-state index contributed by atoms with van der Waals surface area (Å²) >= 11 is 12.3. The summed E-state index contributed by atoms with van der Waals surface area (Å²) in [6.45, 7) is 3.50. The lowest BCUT2D eigenvalue weighted by atomic mass is 9.96. The zero-order valence-corrected chi connectivity index (χ0v) is 12.7. The van der Waals surface area contributed by atoms with Gasteiger partial charge in [-0.15, -0.1) is 0 Å². The average molecular weight is 319 g/mol. The number of benzene rings is 1. The molecule has 0 aliphatic rings. The second-order valence-corrected chi connectivity index (χ2v) is 5.00. The minimum atomic E-state index is -1.09. The Morgan fingerprint density at radius 1 is 1.45 bits per heavy atom. The van der Waals surface area contributed by atoms with Crippen molar-refractivity contribution in [3.05, 3.63) is 27.7 Å². The van der Waals surface area contributed by atoms with E-state index in [1.54, 1.807) is 12.1 Å². The number of nitrogens with two attached hydrogens (primary N) is 1. The van der Waals surface area contributed by atoms with Gasteiger partial charge in [0.2, 0.25) is 0 Å². The molecule has 1 atom stereocenters. The summed E-state index contributed by atoms with van der Waals surface area (Å²) < 4.78 is 5.05. The monoisotopic (exact) mass is 318 g/mol. The second-order valence-electron chi connectivity index (χ2n) is 4.25. The molecule has 0 heterocycles. The van der Waals surface area contributed by atoms with E-state index >= 15 is 0 Å². The lowest BCUT2D eigenvalue weighted by Gasteiger charge is -2.15. The summed E-state index contributed by atoms with van der Waals surface area (Å²) in [7, 11) is 0. The van der Waals surface area contributed by atoms with Crippen molar-refractivity contribution >= 4 is 34.9 Å². The molecule has 1 aromatic rings. The fourth-order valence-corrected chi connectivity index (χ4v) is 2.11. The van der Waals surface area contributed by atoms with E-state index in [4.69, 9.17) is 38.9 Å². The van der Waals surface area contributed by atoms with Crippen LogP contribution in [0.2, 0.25) is 10.0 Å². The van der Waals surface area contributed by atoms with Crippen LogP contribution in [0.15, 0.2) is 17.2 Å². The Kier molecular flexibility index (Phi) is 6.10. The highest BCUT2D eigenvalue weighted by atomic mass is 35.5. The van der Waals surface area contributed by atoms with Gasteiger partial charge in [0.1, 0.15) is 10.8 Å². The first kappa shape index (κ1) is 16.6. The van der Waals surface area contributed by atoms with Gasteiger partial charge < -0.3 is 15.7 Å². The maximum atomic E-state index is 10.5. The van der Waals surface area contributed by atoms with Crippen LogP contribution in [0.1, 0.15) is 25.8 Å². The molecule has 3 N–H and O–H groups in total. The molecule has 0 amide bonds. The summed E-state index contributed by atoms with van der Waals surface area (Å²) in [5.74, 6) is 4.66. The summed E-state index contributed by atoms with van der Waals surface area (Å²) in [6.07, 6.45) is 0.848. The SMILES string of the molecule is CCC(C)/C(=N\N)c1ccc(OCC(=O)O)c(Cl)c1Cl. The van der Waals surface area contributed by atoms with Crippen molar-refractivity contribution in [3.8, 4) is 5.75 Å². The first-order chi connectivity index (χ1) is 9.42. The lowest BCUT2D eigenvalue weighted by molar-refractivity contribution is -0.139. The number of carboxylic acid groups (broad SMARTS) is 1. The molecule has 0 bridgehead atoms. The quantitative estimate of drug-likeness (QED) is 0.479. The van der Waals surface area contributed by atoms with Gasteiger partial charge >= 0.3 is 5.97 Å². The number of carbonyl (C=O) groups is 1. The zero-order chi connectivity index (χ0) is 15.3. The molecule has 0 aliphatic heterocycles. The minimum Gasteiger partial charge on any atom is -0.480 e. The Hall–Kier alpha value is -1.46. The van der Waals surface area contributed by atoms with Crippen LogP contribution in [0.3, 0.4) is 0 Å². The van der Waals surface area contributed by atoms with E-state index in [9.17, 15) is 4.79 Å². The highest BCUT2D eigenvalue weighted by Gasteiger charge is 2.19. The Bertz CT molecular complexity index is 533. The predicted molar refractivity (Wildman–Crippen MR) is 79.8 cm³/mol. The van der Waals surface area contributed by atoms with Gasteiger partial charge in [0.15, 0.2) is 6.61 Å². The number of hydrogen-bond acceptors (Lipinski definition) is 4. The van der Waals surface area contributed by atoms with Crippen LogP contribution in [-0.4, -0.2) is 23.4 Å². The van der Waals surface area contributed by atoms with Crippen molar-refractivity contribution in [1.29, 1.82) is 0 Å². The lowest BCUT2D eigenvalue weighted by Crippen LogP contribution is -2.15. The molecule has 1 aromatic carbocycles. The normalized spacial score (nSPS) is 13.1. The topological polar surface area (TPSA) is 84.9 Å². The van der Waals surface area contributed by atoms with Gasteiger partial charge in [0, 0.05) is 11.5 Å². The van der Waals surface area contributed by atoms with Crippen molar-refractivity contribution in [2.75, 3.05) is 6.61 Å². The highest BCUT2D eigenvalue weighted by molar-refractivity contribution is 6.45. The number of rotatable bonds is 6. The summed E-state index contributed by atoms with van der Waals surface area (Å²) in [5.41, 5.74) is 1.26. The fraction of sp³-hybridized carbons (Fsp3) is 0.385. The van der Waals surface area contributed by atoms with Crippen LogP contribution in [0, 0.1) is 5.92 Å². The van der Waals surface area contributed by atoms with Crippen molar-refractivity contribution in [3.63, 3.8) is 0 Å². The fourth-order valence-electron chi connectivity index (χ4n) is 1.64. The predicted octanol–water partition coefficient (Wildman–Crippen LogP) is 3.17. The molecule has 0 aromatic heterocycles. The Balaban J connectivity index is 3.14. The van der Waals surface area contributed by atoms with E-state index in [2.05, 4.69) is 5.10 Å². The number of halogens is 2. The zero-order valence-electron chi connectivity index (χ0n) is 11.2. The Morgan fingerprint density at radius 3 is 2.60 bits per heavy atom. The standard InChI is InChI=1S/C13H16Cl2N2O3/c1-3-7(2)13(17-16)8-4-5-9(12(15)11(8)14)20-6-10(18)19/h4-5,7H,3,6,16H2,1-2H3,(H,18,19)/b17-13+. The molecule has 0 radical (unpaired) electrons.